The molecule has 0 saturated heterocycles. The maximum atomic E-state index is 5.86. The van der Waals surface area contributed by atoms with Crippen LogP contribution in [0.25, 0.3) is 0 Å². The molecular weight excluding hydrogens is 276 g/mol. The van der Waals surface area contributed by atoms with Crippen LogP contribution in [-0.2, 0) is 6.54 Å². The van der Waals surface area contributed by atoms with E-state index in [1.54, 1.807) is 0 Å². The van der Waals surface area contributed by atoms with Gasteiger partial charge in [0.2, 0.25) is 0 Å². The fraction of sp³-hybridized carbons (Fsp3) is 0.333. The molecule has 0 aliphatic carbocycles. The van der Waals surface area contributed by atoms with Gasteiger partial charge in [0, 0.05) is 35.5 Å². The third kappa shape index (κ3) is 5.44. The molecule has 0 heterocycles. The number of nitrogen functional groups attached to an aromatic ring is 1. The number of nitrogens with zero attached hydrogens (tertiary/aromatic N) is 1. The summed E-state index contributed by atoms with van der Waals surface area (Å²) in [6, 6.07) is 19.3. The van der Waals surface area contributed by atoms with Crippen molar-refractivity contribution in [2.75, 3.05) is 18.0 Å². The van der Waals surface area contributed by atoms with E-state index < -0.39 is 0 Å². The molecule has 0 saturated carbocycles. The van der Waals surface area contributed by atoms with Crippen LogP contribution in [0.15, 0.2) is 59.5 Å². The molecule has 2 aromatic carbocycles. The van der Waals surface area contributed by atoms with Gasteiger partial charge in [-0.15, -0.1) is 11.8 Å². The average Bonchev–Trinajstić information content (AvgIpc) is 2.47. The van der Waals surface area contributed by atoms with E-state index in [1.807, 2.05) is 23.9 Å². The van der Waals surface area contributed by atoms with E-state index in [4.69, 9.17) is 5.73 Å². The number of nitrogens with two attached hydrogens (primary N) is 1. The zero-order valence-corrected chi connectivity index (χ0v) is 13.6. The van der Waals surface area contributed by atoms with Gasteiger partial charge in [-0.25, -0.2) is 0 Å². The van der Waals surface area contributed by atoms with Gasteiger partial charge in [-0.1, -0.05) is 30.3 Å². The van der Waals surface area contributed by atoms with E-state index in [1.165, 1.54) is 10.5 Å². The molecule has 2 nitrogen and oxygen atoms in total. The fourth-order valence-electron chi connectivity index (χ4n) is 2.24. The summed E-state index contributed by atoms with van der Waals surface area (Å²) in [6.45, 7) is 6.53. The van der Waals surface area contributed by atoms with Crippen LogP contribution in [0.1, 0.15) is 19.4 Å². The topological polar surface area (TPSA) is 29.3 Å². The summed E-state index contributed by atoms with van der Waals surface area (Å²) >= 11 is 1.91. The molecule has 0 unspecified atom stereocenters. The van der Waals surface area contributed by atoms with Crippen molar-refractivity contribution in [3.63, 3.8) is 0 Å². The Bertz CT molecular complexity index is 540. The minimum atomic E-state index is 0.530. The molecule has 2 N–H and O–H groups in total. The Hall–Kier alpha value is -1.45. The summed E-state index contributed by atoms with van der Waals surface area (Å²) in [5.41, 5.74) is 7.99. The Morgan fingerprint density at radius 2 is 1.81 bits per heavy atom. The number of thioether (sulfide) groups is 1. The van der Waals surface area contributed by atoms with E-state index >= 15 is 0 Å². The lowest BCUT2D eigenvalue weighted by Gasteiger charge is -2.26. The van der Waals surface area contributed by atoms with Crippen molar-refractivity contribution in [2.45, 2.75) is 31.3 Å². The SMILES string of the molecule is CC(C)N(CCSc1ccccc1)Cc1cccc(N)c1. The zero-order valence-electron chi connectivity index (χ0n) is 12.8. The van der Waals surface area contributed by atoms with Crippen LogP contribution in [0, 0.1) is 0 Å². The quantitative estimate of drug-likeness (QED) is 0.611. The molecule has 3 heteroatoms. The summed E-state index contributed by atoms with van der Waals surface area (Å²) in [6.07, 6.45) is 0. The standard InChI is InChI=1S/C18H24N2S/c1-15(2)20(14-16-7-6-8-17(19)13-16)11-12-21-18-9-4-3-5-10-18/h3-10,13,15H,11-12,14,19H2,1-2H3. The van der Waals surface area contributed by atoms with Crippen LogP contribution in [-0.4, -0.2) is 23.2 Å². The van der Waals surface area contributed by atoms with Crippen LogP contribution in [0.5, 0.6) is 0 Å². The van der Waals surface area contributed by atoms with Gasteiger partial charge in [0.05, 0.1) is 0 Å². The molecule has 2 aromatic rings. The summed E-state index contributed by atoms with van der Waals surface area (Å²) in [4.78, 5) is 3.83. The smallest absolute Gasteiger partial charge is 0.0317 e. The van der Waals surface area contributed by atoms with Crippen molar-refractivity contribution in [1.82, 2.24) is 4.90 Å². The summed E-state index contributed by atoms with van der Waals surface area (Å²) in [5, 5.41) is 0. The lowest BCUT2D eigenvalue weighted by Crippen LogP contribution is -2.32. The summed E-state index contributed by atoms with van der Waals surface area (Å²) in [7, 11) is 0. The second kappa shape index (κ2) is 8.11. The van der Waals surface area contributed by atoms with E-state index in [0.717, 1.165) is 24.5 Å². The highest BCUT2D eigenvalue weighted by molar-refractivity contribution is 7.99. The predicted molar refractivity (Wildman–Crippen MR) is 93.6 cm³/mol. The molecule has 112 valence electrons. The third-order valence-corrected chi connectivity index (χ3v) is 4.45. The maximum Gasteiger partial charge on any atom is 0.0317 e. The van der Waals surface area contributed by atoms with Gasteiger partial charge in [0.1, 0.15) is 0 Å². The van der Waals surface area contributed by atoms with Gasteiger partial charge in [0.15, 0.2) is 0 Å². The minimum absolute atomic E-state index is 0.530. The van der Waals surface area contributed by atoms with Crippen molar-refractivity contribution < 1.29 is 0 Å². The largest absolute Gasteiger partial charge is 0.399 e. The maximum absolute atomic E-state index is 5.86. The Morgan fingerprint density at radius 3 is 2.48 bits per heavy atom. The van der Waals surface area contributed by atoms with E-state index in [-0.39, 0.29) is 0 Å². The molecule has 0 amide bonds. The van der Waals surface area contributed by atoms with E-state index in [2.05, 4.69) is 61.2 Å². The van der Waals surface area contributed by atoms with Gasteiger partial charge in [-0.3, -0.25) is 4.90 Å². The van der Waals surface area contributed by atoms with Gasteiger partial charge in [0.25, 0.3) is 0 Å². The number of benzene rings is 2. The Balaban J connectivity index is 1.87. The number of rotatable bonds is 7. The second-order valence-corrected chi connectivity index (χ2v) is 6.64. The molecule has 0 aromatic heterocycles. The van der Waals surface area contributed by atoms with Crippen molar-refractivity contribution in [1.29, 1.82) is 0 Å². The van der Waals surface area contributed by atoms with Crippen molar-refractivity contribution in [3.8, 4) is 0 Å². The van der Waals surface area contributed by atoms with Crippen LogP contribution in [0.3, 0.4) is 0 Å². The molecule has 0 aliphatic rings. The van der Waals surface area contributed by atoms with Crippen LogP contribution in [0.4, 0.5) is 5.69 Å². The highest BCUT2D eigenvalue weighted by Crippen LogP contribution is 2.18. The normalized spacial score (nSPS) is 11.2. The first kappa shape index (κ1) is 15.9. The Labute approximate surface area is 132 Å². The van der Waals surface area contributed by atoms with Crippen molar-refractivity contribution in [3.05, 3.63) is 60.2 Å². The molecule has 0 bridgehead atoms. The number of hydrogen-bond donors (Lipinski definition) is 1. The first-order valence-electron chi connectivity index (χ1n) is 7.41. The lowest BCUT2D eigenvalue weighted by molar-refractivity contribution is 0.227. The lowest BCUT2D eigenvalue weighted by atomic mass is 10.1. The highest BCUT2D eigenvalue weighted by Gasteiger charge is 2.10. The molecule has 0 aliphatic heterocycles. The van der Waals surface area contributed by atoms with Crippen LogP contribution in [0.2, 0.25) is 0 Å². The van der Waals surface area contributed by atoms with Gasteiger partial charge < -0.3 is 5.73 Å². The van der Waals surface area contributed by atoms with E-state index in [9.17, 15) is 0 Å². The van der Waals surface area contributed by atoms with Gasteiger partial charge in [-0.2, -0.15) is 0 Å². The minimum Gasteiger partial charge on any atom is -0.399 e. The molecule has 0 atom stereocenters. The second-order valence-electron chi connectivity index (χ2n) is 5.47. The average molecular weight is 300 g/mol. The zero-order chi connectivity index (χ0) is 15.1. The summed E-state index contributed by atoms with van der Waals surface area (Å²) < 4.78 is 0. The van der Waals surface area contributed by atoms with E-state index in [0.29, 0.717) is 6.04 Å². The Kier molecular flexibility index (Phi) is 6.15. The van der Waals surface area contributed by atoms with Crippen LogP contribution >= 0.6 is 11.8 Å². The molecule has 2 rings (SSSR count). The van der Waals surface area contributed by atoms with Crippen LogP contribution < -0.4 is 5.73 Å². The van der Waals surface area contributed by atoms with Gasteiger partial charge >= 0.3 is 0 Å². The highest BCUT2D eigenvalue weighted by atomic mass is 32.2. The number of hydrogen-bond acceptors (Lipinski definition) is 3. The first-order valence-corrected chi connectivity index (χ1v) is 8.40. The molecule has 0 spiro atoms. The fourth-order valence-corrected chi connectivity index (χ4v) is 3.15. The molecular formula is C18H24N2S. The molecule has 0 radical (unpaired) electrons. The third-order valence-electron chi connectivity index (χ3n) is 3.46. The summed E-state index contributed by atoms with van der Waals surface area (Å²) in [5.74, 6) is 1.10. The Morgan fingerprint density at radius 1 is 1.05 bits per heavy atom. The van der Waals surface area contributed by atoms with Gasteiger partial charge in [-0.05, 0) is 43.7 Å². The monoisotopic (exact) mass is 300 g/mol. The van der Waals surface area contributed by atoms with Crippen molar-refractivity contribution in [2.24, 2.45) is 0 Å². The number of anilines is 1. The first-order chi connectivity index (χ1) is 10.1. The predicted octanol–water partition coefficient (Wildman–Crippen LogP) is 4.27. The molecule has 0 fully saturated rings. The van der Waals surface area contributed by atoms with Crippen molar-refractivity contribution >= 4 is 17.4 Å². The molecule has 21 heavy (non-hydrogen) atoms.